The molecule has 1 saturated heterocycles. The molecule has 3 rings (SSSR count). The van der Waals surface area contributed by atoms with Gasteiger partial charge in [0.25, 0.3) is 0 Å². The van der Waals surface area contributed by atoms with Gasteiger partial charge in [-0.25, -0.2) is 4.98 Å². The van der Waals surface area contributed by atoms with Gasteiger partial charge in [0.2, 0.25) is 11.8 Å². The normalized spacial score (nSPS) is 18.1. The van der Waals surface area contributed by atoms with Crippen molar-refractivity contribution >= 4 is 29.2 Å². The Morgan fingerprint density at radius 3 is 2.76 bits per heavy atom. The van der Waals surface area contributed by atoms with Crippen LogP contribution in [0.15, 0.2) is 48.7 Å². The van der Waals surface area contributed by atoms with Crippen LogP contribution >= 0.6 is 11.6 Å². The molecule has 2 unspecified atom stereocenters. The summed E-state index contributed by atoms with van der Waals surface area (Å²) in [6.45, 7) is 4.20. The second-order valence-corrected chi connectivity index (χ2v) is 7.88. The van der Waals surface area contributed by atoms with Crippen molar-refractivity contribution < 1.29 is 9.59 Å². The highest BCUT2D eigenvalue weighted by atomic mass is 35.5. The standard InChI is InChI=1S/C22H27ClN4O2/c1-16(17-6-3-2-4-7-17)25-21(28)11-13-27-12-5-8-18(15-27)22(29)26-20-10-9-19(23)14-24-20/h2-4,6-7,9-10,14,16,18H,5,8,11-13,15H2,1H3,(H,25,28)(H,24,26,29). The minimum Gasteiger partial charge on any atom is -0.350 e. The van der Waals surface area contributed by atoms with Crippen molar-refractivity contribution in [3.63, 3.8) is 0 Å². The van der Waals surface area contributed by atoms with Gasteiger partial charge in [-0.05, 0) is 44.0 Å². The number of carbonyl (C=O) groups excluding carboxylic acids is 2. The Bertz CT molecular complexity index is 813. The number of hydrogen-bond donors (Lipinski definition) is 2. The molecule has 0 saturated carbocycles. The highest BCUT2D eigenvalue weighted by Gasteiger charge is 2.26. The number of amides is 2. The Kier molecular flexibility index (Phi) is 7.61. The molecule has 1 aromatic heterocycles. The minimum atomic E-state index is -0.104. The molecule has 2 atom stereocenters. The van der Waals surface area contributed by atoms with E-state index in [1.54, 1.807) is 12.1 Å². The lowest BCUT2D eigenvalue weighted by atomic mass is 9.97. The van der Waals surface area contributed by atoms with Crippen molar-refractivity contribution in [3.8, 4) is 0 Å². The fourth-order valence-electron chi connectivity index (χ4n) is 3.55. The first-order chi connectivity index (χ1) is 14.0. The lowest BCUT2D eigenvalue weighted by Crippen LogP contribution is -2.42. The molecule has 2 aromatic rings. The summed E-state index contributed by atoms with van der Waals surface area (Å²) in [6.07, 6.45) is 3.71. The first kappa shape index (κ1) is 21.3. The van der Waals surface area contributed by atoms with E-state index in [1.165, 1.54) is 6.20 Å². The minimum absolute atomic E-state index is 0.0181. The van der Waals surface area contributed by atoms with Crippen molar-refractivity contribution in [2.24, 2.45) is 5.92 Å². The van der Waals surface area contributed by atoms with Gasteiger partial charge in [-0.1, -0.05) is 41.9 Å². The summed E-state index contributed by atoms with van der Waals surface area (Å²) in [7, 11) is 0. The summed E-state index contributed by atoms with van der Waals surface area (Å²) < 4.78 is 0. The van der Waals surface area contributed by atoms with Gasteiger partial charge in [0.1, 0.15) is 5.82 Å². The van der Waals surface area contributed by atoms with E-state index in [2.05, 4.69) is 20.5 Å². The molecule has 0 aliphatic carbocycles. The molecular weight excluding hydrogens is 388 g/mol. The number of aromatic nitrogens is 1. The maximum absolute atomic E-state index is 12.5. The predicted octanol–water partition coefficient (Wildman–Crippen LogP) is 3.65. The Morgan fingerprint density at radius 2 is 2.03 bits per heavy atom. The van der Waals surface area contributed by atoms with Gasteiger partial charge in [-0.2, -0.15) is 0 Å². The third-order valence-electron chi connectivity index (χ3n) is 5.19. The van der Waals surface area contributed by atoms with Crippen LogP contribution in [0.4, 0.5) is 5.82 Å². The van der Waals surface area contributed by atoms with E-state index in [0.29, 0.717) is 30.4 Å². The number of rotatable bonds is 7. The SMILES string of the molecule is CC(NC(=O)CCN1CCCC(C(=O)Nc2ccc(Cl)cn2)C1)c1ccccc1. The zero-order valence-electron chi connectivity index (χ0n) is 16.6. The van der Waals surface area contributed by atoms with Crippen LogP contribution in [0.1, 0.15) is 37.8 Å². The second-order valence-electron chi connectivity index (χ2n) is 7.44. The maximum Gasteiger partial charge on any atom is 0.229 e. The molecule has 2 heterocycles. The summed E-state index contributed by atoms with van der Waals surface area (Å²) in [5.74, 6) is 0.392. The van der Waals surface area contributed by atoms with E-state index >= 15 is 0 Å². The van der Waals surface area contributed by atoms with E-state index < -0.39 is 0 Å². The second kappa shape index (κ2) is 10.4. The number of hydrogen-bond acceptors (Lipinski definition) is 4. The summed E-state index contributed by atoms with van der Waals surface area (Å²) >= 11 is 5.83. The molecule has 1 aliphatic rings. The first-order valence-corrected chi connectivity index (χ1v) is 10.4. The number of halogens is 1. The van der Waals surface area contributed by atoms with Crippen LogP contribution < -0.4 is 10.6 Å². The van der Waals surface area contributed by atoms with Gasteiger partial charge >= 0.3 is 0 Å². The summed E-state index contributed by atoms with van der Waals surface area (Å²) in [5.41, 5.74) is 1.09. The first-order valence-electron chi connectivity index (χ1n) is 10.0. The lowest BCUT2D eigenvalue weighted by Gasteiger charge is -2.31. The fraction of sp³-hybridized carbons (Fsp3) is 0.409. The third-order valence-corrected chi connectivity index (χ3v) is 5.41. The summed E-state index contributed by atoms with van der Waals surface area (Å²) in [6, 6.07) is 13.3. The molecule has 1 aromatic carbocycles. The number of anilines is 1. The van der Waals surface area contributed by atoms with Crippen molar-refractivity contribution in [3.05, 3.63) is 59.2 Å². The number of carbonyl (C=O) groups is 2. The van der Waals surface area contributed by atoms with Crippen LogP contribution in [0.25, 0.3) is 0 Å². The number of benzene rings is 1. The average molecular weight is 415 g/mol. The molecule has 2 N–H and O–H groups in total. The summed E-state index contributed by atoms with van der Waals surface area (Å²) in [4.78, 5) is 31.2. The molecule has 0 bridgehead atoms. The Labute approximate surface area is 176 Å². The lowest BCUT2D eigenvalue weighted by molar-refractivity contribution is -0.122. The Balaban J connectivity index is 1.43. The molecular formula is C22H27ClN4O2. The smallest absolute Gasteiger partial charge is 0.229 e. The molecule has 0 spiro atoms. The van der Waals surface area contributed by atoms with Crippen LogP contribution in [-0.2, 0) is 9.59 Å². The quantitative estimate of drug-likeness (QED) is 0.725. The number of likely N-dealkylation sites (tertiary alicyclic amines) is 1. The van der Waals surface area contributed by atoms with Crippen molar-refractivity contribution in [2.45, 2.75) is 32.2 Å². The van der Waals surface area contributed by atoms with Crippen LogP contribution in [0.2, 0.25) is 5.02 Å². The zero-order chi connectivity index (χ0) is 20.6. The molecule has 1 aliphatic heterocycles. The van der Waals surface area contributed by atoms with Gasteiger partial charge in [0, 0.05) is 25.7 Å². The molecule has 7 heteroatoms. The van der Waals surface area contributed by atoms with Crippen molar-refractivity contribution in [1.29, 1.82) is 0 Å². The maximum atomic E-state index is 12.5. The number of nitrogens with zero attached hydrogens (tertiary/aromatic N) is 2. The van der Waals surface area contributed by atoms with Crippen molar-refractivity contribution in [1.82, 2.24) is 15.2 Å². The molecule has 154 valence electrons. The summed E-state index contributed by atoms with van der Waals surface area (Å²) in [5, 5.41) is 6.43. The molecule has 0 radical (unpaired) electrons. The largest absolute Gasteiger partial charge is 0.350 e. The zero-order valence-corrected chi connectivity index (χ0v) is 17.4. The van der Waals surface area contributed by atoms with E-state index in [0.717, 1.165) is 24.9 Å². The van der Waals surface area contributed by atoms with Crippen LogP contribution in [0.3, 0.4) is 0 Å². The Hall–Kier alpha value is -2.44. The van der Waals surface area contributed by atoms with Crippen molar-refractivity contribution in [2.75, 3.05) is 25.0 Å². The monoisotopic (exact) mass is 414 g/mol. The fourth-order valence-corrected chi connectivity index (χ4v) is 3.66. The topological polar surface area (TPSA) is 74.3 Å². The van der Waals surface area contributed by atoms with E-state index in [1.807, 2.05) is 37.3 Å². The number of pyridine rings is 1. The third kappa shape index (κ3) is 6.54. The van der Waals surface area contributed by atoms with Gasteiger partial charge in [0.05, 0.1) is 17.0 Å². The van der Waals surface area contributed by atoms with Gasteiger partial charge in [-0.3, -0.25) is 9.59 Å². The molecule has 6 nitrogen and oxygen atoms in total. The van der Waals surface area contributed by atoms with Crippen LogP contribution in [0.5, 0.6) is 0 Å². The molecule has 1 fully saturated rings. The van der Waals surface area contributed by atoms with E-state index in [9.17, 15) is 9.59 Å². The molecule has 2 amide bonds. The molecule has 29 heavy (non-hydrogen) atoms. The van der Waals surface area contributed by atoms with E-state index in [4.69, 9.17) is 11.6 Å². The predicted molar refractivity (Wildman–Crippen MR) is 115 cm³/mol. The van der Waals surface area contributed by atoms with E-state index in [-0.39, 0.29) is 23.8 Å². The van der Waals surface area contributed by atoms with Crippen LogP contribution in [0, 0.1) is 5.92 Å². The van der Waals surface area contributed by atoms with Gasteiger partial charge in [-0.15, -0.1) is 0 Å². The van der Waals surface area contributed by atoms with Gasteiger partial charge < -0.3 is 15.5 Å². The van der Waals surface area contributed by atoms with Gasteiger partial charge in [0.15, 0.2) is 0 Å². The van der Waals surface area contributed by atoms with Crippen LogP contribution in [-0.4, -0.2) is 41.3 Å². The number of piperidine rings is 1. The highest BCUT2D eigenvalue weighted by Crippen LogP contribution is 2.19. The highest BCUT2D eigenvalue weighted by molar-refractivity contribution is 6.30. The average Bonchev–Trinajstić information content (AvgIpc) is 2.74. The number of nitrogens with one attached hydrogen (secondary N) is 2. The Morgan fingerprint density at radius 1 is 1.24 bits per heavy atom.